The monoisotopic (exact) mass is 386 g/mol. The van der Waals surface area contributed by atoms with Crippen LogP contribution in [0.5, 0.6) is 5.75 Å². The van der Waals surface area contributed by atoms with Gasteiger partial charge >= 0.3 is 0 Å². The first kappa shape index (κ1) is 19.0. The highest BCUT2D eigenvalue weighted by molar-refractivity contribution is 5.77. The van der Waals surface area contributed by atoms with E-state index in [1.807, 2.05) is 18.2 Å². The van der Waals surface area contributed by atoms with Gasteiger partial charge in [0.25, 0.3) is 0 Å². The first-order valence-corrected chi connectivity index (χ1v) is 10.00. The fourth-order valence-corrected chi connectivity index (χ4v) is 3.50. The van der Waals surface area contributed by atoms with Crippen LogP contribution in [0, 0.1) is 0 Å². The van der Waals surface area contributed by atoms with Crippen LogP contribution in [0.1, 0.15) is 23.7 Å². The standard InChI is InChI=1S/C24H26N4O/c1-17-14-21-15-20(9-10-23(21)29-17)19-7-5-18(6-8-19)16-28-24(25)27-13-11-22-4-2-3-12-26-22/h2-10,12,15,17H,11,13-14,16H2,1H3,(H3,25,27,28). The number of guanidine groups is 1. The molecule has 2 aromatic carbocycles. The molecule has 3 aromatic rings. The molecule has 148 valence electrons. The second-order valence-electron chi connectivity index (χ2n) is 7.35. The van der Waals surface area contributed by atoms with Gasteiger partial charge in [0.2, 0.25) is 0 Å². The summed E-state index contributed by atoms with van der Waals surface area (Å²) in [5.74, 6) is 1.47. The zero-order valence-electron chi connectivity index (χ0n) is 16.6. The van der Waals surface area contributed by atoms with Crippen molar-refractivity contribution < 1.29 is 4.74 Å². The van der Waals surface area contributed by atoms with Gasteiger partial charge in [-0.25, -0.2) is 4.99 Å². The summed E-state index contributed by atoms with van der Waals surface area (Å²) in [6.45, 7) is 3.37. The predicted molar refractivity (Wildman–Crippen MR) is 117 cm³/mol. The summed E-state index contributed by atoms with van der Waals surface area (Å²) in [6, 6.07) is 20.8. The molecule has 0 saturated heterocycles. The SMILES string of the molecule is CC1Cc2cc(-c3ccc(CN=C(N)NCCc4ccccn4)cc3)ccc2O1. The molecule has 1 atom stereocenters. The summed E-state index contributed by atoms with van der Waals surface area (Å²) in [5.41, 5.74) is 11.8. The maximum atomic E-state index is 5.98. The Morgan fingerprint density at radius 2 is 1.97 bits per heavy atom. The van der Waals surface area contributed by atoms with Crippen LogP contribution in [-0.4, -0.2) is 23.6 Å². The molecule has 4 rings (SSSR count). The zero-order valence-corrected chi connectivity index (χ0v) is 16.6. The van der Waals surface area contributed by atoms with Gasteiger partial charge in [-0.3, -0.25) is 4.98 Å². The van der Waals surface area contributed by atoms with Crippen molar-refractivity contribution in [1.29, 1.82) is 0 Å². The Morgan fingerprint density at radius 3 is 2.76 bits per heavy atom. The normalized spacial score (nSPS) is 15.6. The van der Waals surface area contributed by atoms with Gasteiger partial charge in [-0.2, -0.15) is 0 Å². The van der Waals surface area contributed by atoms with Crippen LogP contribution < -0.4 is 15.8 Å². The molecule has 3 N–H and O–H groups in total. The van der Waals surface area contributed by atoms with Crippen molar-refractivity contribution in [1.82, 2.24) is 10.3 Å². The first-order chi connectivity index (χ1) is 14.2. The van der Waals surface area contributed by atoms with Gasteiger partial charge in [0.15, 0.2) is 5.96 Å². The van der Waals surface area contributed by atoms with Crippen molar-refractivity contribution in [2.75, 3.05) is 6.54 Å². The van der Waals surface area contributed by atoms with E-state index in [2.05, 4.69) is 64.7 Å². The van der Waals surface area contributed by atoms with Gasteiger partial charge in [0.1, 0.15) is 11.9 Å². The van der Waals surface area contributed by atoms with Crippen molar-refractivity contribution in [3.8, 4) is 16.9 Å². The number of rotatable bonds is 6. The Kier molecular flexibility index (Phi) is 5.75. The largest absolute Gasteiger partial charge is 0.490 e. The highest BCUT2D eigenvalue weighted by atomic mass is 16.5. The van der Waals surface area contributed by atoms with E-state index in [9.17, 15) is 0 Å². The molecule has 5 heteroatoms. The molecule has 0 spiro atoms. The molecule has 0 radical (unpaired) electrons. The molecule has 0 saturated carbocycles. The minimum atomic E-state index is 0.267. The Morgan fingerprint density at radius 1 is 1.14 bits per heavy atom. The van der Waals surface area contributed by atoms with Crippen LogP contribution in [-0.2, 0) is 19.4 Å². The molecule has 0 bridgehead atoms. The third-order valence-electron chi connectivity index (χ3n) is 5.03. The average Bonchev–Trinajstić information content (AvgIpc) is 3.12. The summed E-state index contributed by atoms with van der Waals surface area (Å²) in [4.78, 5) is 8.73. The first-order valence-electron chi connectivity index (χ1n) is 10.00. The molecule has 5 nitrogen and oxygen atoms in total. The van der Waals surface area contributed by atoms with Crippen LogP contribution >= 0.6 is 0 Å². The Labute approximate surface area is 171 Å². The van der Waals surface area contributed by atoms with Crippen LogP contribution in [0.2, 0.25) is 0 Å². The average molecular weight is 386 g/mol. The molecule has 0 fully saturated rings. The van der Waals surface area contributed by atoms with Gasteiger partial charge < -0.3 is 15.8 Å². The fraction of sp³-hybridized carbons (Fsp3) is 0.250. The van der Waals surface area contributed by atoms with Gasteiger partial charge in [-0.15, -0.1) is 0 Å². The number of aromatic nitrogens is 1. The Balaban J connectivity index is 1.31. The number of nitrogens with one attached hydrogen (secondary N) is 1. The van der Waals surface area contributed by atoms with Gasteiger partial charge in [0.05, 0.1) is 6.54 Å². The number of hydrogen-bond acceptors (Lipinski definition) is 3. The molecule has 1 aliphatic heterocycles. The van der Waals surface area contributed by atoms with Crippen LogP contribution in [0.4, 0.5) is 0 Å². The maximum absolute atomic E-state index is 5.98. The summed E-state index contributed by atoms with van der Waals surface area (Å²) in [7, 11) is 0. The fourth-order valence-electron chi connectivity index (χ4n) is 3.50. The molecule has 1 aromatic heterocycles. The van der Waals surface area contributed by atoms with Gasteiger partial charge in [-0.1, -0.05) is 36.4 Å². The number of aliphatic imine (C=N–C) groups is 1. The lowest BCUT2D eigenvalue weighted by atomic mass is 10.00. The van der Waals surface area contributed by atoms with E-state index < -0.39 is 0 Å². The molecule has 0 amide bonds. The number of hydrogen-bond donors (Lipinski definition) is 2. The Hall–Kier alpha value is -3.34. The summed E-state index contributed by atoms with van der Waals surface area (Å²) in [5, 5.41) is 3.14. The number of pyridine rings is 1. The number of nitrogens with zero attached hydrogens (tertiary/aromatic N) is 2. The number of nitrogens with two attached hydrogens (primary N) is 1. The molecular formula is C24H26N4O. The van der Waals surface area contributed by atoms with Crippen molar-refractivity contribution in [3.63, 3.8) is 0 Å². The minimum Gasteiger partial charge on any atom is -0.490 e. The van der Waals surface area contributed by atoms with Crippen molar-refractivity contribution in [2.24, 2.45) is 10.7 Å². The summed E-state index contributed by atoms with van der Waals surface area (Å²) in [6.07, 6.45) is 3.86. The van der Waals surface area contributed by atoms with E-state index in [-0.39, 0.29) is 6.10 Å². The van der Waals surface area contributed by atoms with E-state index in [0.717, 1.165) is 29.8 Å². The lowest BCUT2D eigenvalue weighted by Gasteiger charge is -2.07. The molecule has 29 heavy (non-hydrogen) atoms. The third kappa shape index (κ3) is 4.93. The molecule has 2 heterocycles. The van der Waals surface area contributed by atoms with E-state index in [1.54, 1.807) is 6.20 Å². The quantitative estimate of drug-likeness (QED) is 0.500. The molecule has 0 aliphatic carbocycles. The van der Waals surface area contributed by atoms with E-state index in [0.29, 0.717) is 19.0 Å². The van der Waals surface area contributed by atoms with Crippen LogP contribution in [0.25, 0.3) is 11.1 Å². The van der Waals surface area contributed by atoms with E-state index in [1.165, 1.54) is 16.7 Å². The number of fused-ring (bicyclic) bond motifs is 1. The van der Waals surface area contributed by atoms with Crippen LogP contribution in [0.15, 0.2) is 71.9 Å². The van der Waals surface area contributed by atoms with Crippen molar-refractivity contribution in [3.05, 3.63) is 83.7 Å². The third-order valence-corrected chi connectivity index (χ3v) is 5.03. The molecule has 1 aliphatic rings. The molecular weight excluding hydrogens is 360 g/mol. The van der Waals surface area contributed by atoms with Crippen molar-refractivity contribution in [2.45, 2.75) is 32.4 Å². The topological polar surface area (TPSA) is 72.5 Å². The zero-order chi connectivity index (χ0) is 20.1. The number of ether oxygens (including phenoxy) is 1. The maximum Gasteiger partial charge on any atom is 0.188 e. The van der Waals surface area contributed by atoms with E-state index >= 15 is 0 Å². The highest BCUT2D eigenvalue weighted by Crippen LogP contribution is 2.32. The summed E-state index contributed by atoms with van der Waals surface area (Å²) >= 11 is 0. The van der Waals surface area contributed by atoms with E-state index in [4.69, 9.17) is 10.5 Å². The minimum absolute atomic E-state index is 0.267. The lowest BCUT2D eigenvalue weighted by molar-refractivity contribution is 0.254. The second-order valence-corrected chi connectivity index (χ2v) is 7.35. The molecule has 1 unspecified atom stereocenters. The van der Waals surface area contributed by atoms with Crippen LogP contribution in [0.3, 0.4) is 0 Å². The van der Waals surface area contributed by atoms with Gasteiger partial charge in [-0.05, 0) is 53.4 Å². The Bertz CT molecular complexity index is 984. The smallest absolute Gasteiger partial charge is 0.188 e. The lowest BCUT2D eigenvalue weighted by Crippen LogP contribution is -2.33. The van der Waals surface area contributed by atoms with Gasteiger partial charge in [0, 0.05) is 31.3 Å². The van der Waals surface area contributed by atoms with Crippen molar-refractivity contribution >= 4 is 5.96 Å². The summed E-state index contributed by atoms with van der Waals surface area (Å²) < 4.78 is 5.79. The number of benzene rings is 2. The predicted octanol–water partition coefficient (Wildman–Crippen LogP) is 3.72. The second kappa shape index (κ2) is 8.78. The highest BCUT2D eigenvalue weighted by Gasteiger charge is 2.19.